The molecule has 0 rings (SSSR count). The number of unbranched alkanes of at least 4 members (excludes halogenated alkanes) is 6. The first-order chi connectivity index (χ1) is 10.4. The summed E-state index contributed by atoms with van der Waals surface area (Å²) in [5.41, 5.74) is 0. The van der Waals surface area contributed by atoms with Crippen LogP contribution in [-0.2, 0) is 18.9 Å². The van der Waals surface area contributed by atoms with Gasteiger partial charge in [0.15, 0.2) is 0 Å². The van der Waals surface area contributed by atoms with Crippen LogP contribution >= 0.6 is 12.6 Å². The Bertz CT molecular complexity index is 164. The molecule has 0 aromatic rings. The maximum Gasteiger partial charge on any atom is 0.0701 e. The van der Waals surface area contributed by atoms with Crippen LogP contribution in [0.15, 0.2) is 0 Å². The Morgan fingerprint density at radius 1 is 0.524 bits per heavy atom. The highest BCUT2D eigenvalue weighted by Gasteiger charge is 1.93. The van der Waals surface area contributed by atoms with Gasteiger partial charge in [-0.3, -0.25) is 0 Å². The summed E-state index contributed by atoms with van der Waals surface area (Å²) in [4.78, 5) is 0. The molecule has 0 N–H and O–H groups in total. The lowest BCUT2D eigenvalue weighted by Gasteiger charge is -2.06. The molecule has 0 heterocycles. The highest BCUT2D eigenvalue weighted by Crippen LogP contribution is 2.07. The minimum absolute atomic E-state index is 0.622. The lowest BCUT2D eigenvalue weighted by Crippen LogP contribution is -2.11. The highest BCUT2D eigenvalue weighted by atomic mass is 32.1. The second-order valence-corrected chi connectivity index (χ2v) is 5.48. The predicted molar refractivity (Wildman–Crippen MR) is 90.5 cm³/mol. The van der Waals surface area contributed by atoms with Crippen LogP contribution in [-0.4, -0.2) is 59.1 Å². The number of hydrogen-bond donors (Lipinski definition) is 1. The van der Waals surface area contributed by atoms with Crippen molar-refractivity contribution >= 4 is 12.6 Å². The average molecular weight is 323 g/mol. The SMILES string of the molecule is COCCOCCOCCOCCCCCCCCCS. The maximum atomic E-state index is 5.53. The molecule has 4 nitrogen and oxygen atoms in total. The smallest absolute Gasteiger partial charge is 0.0701 e. The first-order valence-corrected chi connectivity index (χ1v) is 8.88. The van der Waals surface area contributed by atoms with Crippen molar-refractivity contribution in [1.82, 2.24) is 0 Å². The Morgan fingerprint density at radius 3 is 1.48 bits per heavy atom. The van der Waals surface area contributed by atoms with Gasteiger partial charge in [0, 0.05) is 13.7 Å². The van der Waals surface area contributed by atoms with Crippen molar-refractivity contribution in [2.75, 3.05) is 59.1 Å². The maximum absolute atomic E-state index is 5.53. The third kappa shape index (κ3) is 20.2. The van der Waals surface area contributed by atoms with Crippen LogP contribution < -0.4 is 0 Å². The number of hydrogen-bond acceptors (Lipinski definition) is 5. The normalized spacial score (nSPS) is 11.1. The summed E-state index contributed by atoms with van der Waals surface area (Å²) in [6, 6.07) is 0. The monoisotopic (exact) mass is 322 g/mol. The Balaban J connectivity index is 2.90. The molecule has 0 atom stereocenters. The first kappa shape index (κ1) is 21.2. The summed E-state index contributed by atoms with van der Waals surface area (Å²) >= 11 is 4.21. The molecule has 0 bridgehead atoms. The first-order valence-electron chi connectivity index (χ1n) is 8.25. The van der Waals surface area contributed by atoms with Gasteiger partial charge >= 0.3 is 0 Å². The third-order valence-corrected chi connectivity index (χ3v) is 3.44. The number of methoxy groups -OCH3 is 1. The fourth-order valence-electron chi connectivity index (χ4n) is 1.88. The zero-order chi connectivity index (χ0) is 15.4. The highest BCUT2D eigenvalue weighted by molar-refractivity contribution is 7.80. The predicted octanol–water partition coefficient (Wildman–Crippen LogP) is 3.34. The number of thiol groups is 1. The summed E-state index contributed by atoms with van der Waals surface area (Å²) in [7, 11) is 1.67. The molecule has 0 aliphatic heterocycles. The van der Waals surface area contributed by atoms with E-state index in [0.717, 1.165) is 18.8 Å². The van der Waals surface area contributed by atoms with Crippen molar-refractivity contribution in [3.63, 3.8) is 0 Å². The second kappa shape index (κ2) is 20.2. The molecule has 0 unspecified atom stereocenters. The van der Waals surface area contributed by atoms with Gasteiger partial charge in [0.25, 0.3) is 0 Å². The van der Waals surface area contributed by atoms with Crippen molar-refractivity contribution in [2.24, 2.45) is 0 Å². The molecule has 0 radical (unpaired) electrons. The van der Waals surface area contributed by atoms with Crippen LogP contribution in [0.3, 0.4) is 0 Å². The molecule has 5 heteroatoms. The van der Waals surface area contributed by atoms with E-state index in [4.69, 9.17) is 18.9 Å². The van der Waals surface area contributed by atoms with Crippen molar-refractivity contribution in [3.05, 3.63) is 0 Å². The van der Waals surface area contributed by atoms with Gasteiger partial charge in [-0.05, 0) is 18.6 Å². The van der Waals surface area contributed by atoms with Crippen LogP contribution in [0, 0.1) is 0 Å². The standard InChI is InChI=1S/C16H34O4S/c1-17-10-11-19-14-15-20-13-12-18-9-7-5-3-2-4-6-8-16-21/h21H,2-16H2,1H3. The molecule has 0 saturated carbocycles. The van der Waals surface area contributed by atoms with E-state index in [0.29, 0.717) is 39.6 Å². The average Bonchev–Trinajstić information content (AvgIpc) is 2.50. The van der Waals surface area contributed by atoms with Gasteiger partial charge < -0.3 is 18.9 Å². The minimum atomic E-state index is 0.622. The Labute approximate surface area is 136 Å². The van der Waals surface area contributed by atoms with Gasteiger partial charge in [0.1, 0.15) is 0 Å². The van der Waals surface area contributed by atoms with Crippen molar-refractivity contribution in [3.8, 4) is 0 Å². The van der Waals surface area contributed by atoms with Crippen LogP contribution in [0.1, 0.15) is 44.9 Å². The van der Waals surface area contributed by atoms with E-state index in [2.05, 4.69) is 12.6 Å². The van der Waals surface area contributed by atoms with E-state index >= 15 is 0 Å². The molecule has 0 spiro atoms. The van der Waals surface area contributed by atoms with Crippen molar-refractivity contribution < 1.29 is 18.9 Å². The molecule has 128 valence electrons. The van der Waals surface area contributed by atoms with Gasteiger partial charge in [-0.2, -0.15) is 12.6 Å². The summed E-state index contributed by atoms with van der Waals surface area (Å²) in [5.74, 6) is 1.02. The molecular formula is C16H34O4S. The largest absolute Gasteiger partial charge is 0.382 e. The topological polar surface area (TPSA) is 36.9 Å². The van der Waals surface area contributed by atoms with E-state index < -0.39 is 0 Å². The van der Waals surface area contributed by atoms with E-state index in [9.17, 15) is 0 Å². The Morgan fingerprint density at radius 2 is 0.952 bits per heavy atom. The molecule has 21 heavy (non-hydrogen) atoms. The van der Waals surface area contributed by atoms with E-state index in [-0.39, 0.29) is 0 Å². The fraction of sp³-hybridized carbons (Fsp3) is 1.00. The zero-order valence-corrected chi connectivity index (χ0v) is 14.6. The lowest BCUT2D eigenvalue weighted by atomic mass is 10.1. The quantitative estimate of drug-likeness (QED) is 0.310. The van der Waals surface area contributed by atoms with Crippen LogP contribution in [0.4, 0.5) is 0 Å². The Hall–Kier alpha value is 0.190. The van der Waals surface area contributed by atoms with Crippen LogP contribution in [0.2, 0.25) is 0 Å². The van der Waals surface area contributed by atoms with Gasteiger partial charge in [-0.1, -0.05) is 32.1 Å². The summed E-state index contributed by atoms with van der Waals surface area (Å²) in [5, 5.41) is 0. The molecular weight excluding hydrogens is 288 g/mol. The molecule has 0 aliphatic carbocycles. The molecule has 0 amide bonds. The number of rotatable bonds is 18. The van der Waals surface area contributed by atoms with Crippen molar-refractivity contribution in [2.45, 2.75) is 44.9 Å². The summed E-state index contributed by atoms with van der Waals surface area (Å²) < 4.78 is 21.1. The summed E-state index contributed by atoms with van der Waals surface area (Å²) in [6.45, 7) is 4.70. The van der Waals surface area contributed by atoms with Crippen molar-refractivity contribution in [1.29, 1.82) is 0 Å². The van der Waals surface area contributed by atoms with Gasteiger partial charge in [-0.15, -0.1) is 0 Å². The van der Waals surface area contributed by atoms with Gasteiger partial charge in [0.2, 0.25) is 0 Å². The Kier molecular flexibility index (Phi) is 20.4. The van der Waals surface area contributed by atoms with E-state index in [1.54, 1.807) is 7.11 Å². The number of ether oxygens (including phenoxy) is 4. The third-order valence-electron chi connectivity index (χ3n) is 3.12. The lowest BCUT2D eigenvalue weighted by molar-refractivity contribution is 0.00323. The van der Waals surface area contributed by atoms with E-state index in [1.807, 2.05) is 0 Å². The molecule has 0 aliphatic rings. The van der Waals surface area contributed by atoms with Gasteiger partial charge in [-0.25, -0.2) is 0 Å². The molecule has 0 aromatic carbocycles. The fourth-order valence-corrected chi connectivity index (χ4v) is 2.11. The molecule has 0 aromatic heterocycles. The summed E-state index contributed by atoms with van der Waals surface area (Å²) in [6.07, 6.45) is 9.03. The van der Waals surface area contributed by atoms with E-state index in [1.165, 1.54) is 38.5 Å². The second-order valence-electron chi connectivity index (χ2n) is 5.03. The molecule has 0 fully saturated rings. The van der Waals surface area contributed by atoms with Crippen LogP contribution in [0.5, 0.6) is 0 Å². The minimum Gasteiger partial charge on any atom is -0.382 e. The molecule has 0 saturated heterocycles. The van der Waals surface area contributed by atoms with Gasteiger partial charge in [0.05, 0.1) is 39.6 Å². The zero-order valence-electron chi connectivity index (χ0n) is 13.7. The van der Waals surface area contributed by atoms with Crippen LogP contribution in [0.25, 0.3) is 0 Å².